The highest BCUT2D eigenvalue weighted by Crippen LogP contribution is 2.30. The third kappa shape index (κ3) is 3.17. The number of benzene rings is 1. The number of ether oxygens (including phenoxy) is 2. The average molecular weight is 331 g/mol. The van der Waals surface area contributed by atoms with Gasteiger partial charge in [0.1, 0.15) is 6.04 Å². The first-order valence-corrected chi connectivity index (χ1v) is 8.18. The largest absolute Gasteiger partial charge is 0.468 e. The van der Waals surface area contributed by atoms with Crippen molar-refractivity contribution < 1.29 is 14.3 Å². The summed E-state index contributed by atoms with van der Waals surface area (Å²) in [7, 11) is 5.13. The van der Waals surface area contributed by atoms with Crippen molar-refractivity contribution in [3.05, 3.63) is 35.0 Å². The Morgan fingerprint density at radius 3 is 2.67 bits per heavy atom. The van der Waals surface area contributed by atoms with Gasteiger partial charge in [-0.1, -0.05) is 0 Å². The Hall–Kier alpha value is -1.89. The average Bonchev–Trinajstić information content (AvgIpc) is 3.11. The van der Waals surface area contributed by atoms with Crippen LogP contribution in [0.25, 0.3) is 10.9 Å². The highest BCUT2D eigenvalue weighted by atomic mass is 16.5. The van der Waals surface area contributed by atoms with Crippen LogP contribution in [0.5, 0.6) is 0 Å². The molecule has 0 saturated heterocycles. The predicted octanol–water partition coefficient (Wildman–Crippen LogP) is 1.18. The fourth-order valence-corrected chi connectivity index (χ4v) is 3.44. The van der Waals surface area contributed by atoms with E-state index in [4.69, 9.17) is 15.2 Å². The lowest BCUT2D eigenvalue weighted by Gasteiger charge is -2.13. The second-order valence-corrected chi connectivity index (χ2v) is 6.44. The molecule has 6 heteroatoms. The van der Waals surface area contributed by atoms with Crippen molar-refractivity contribution in [2.24, 2.45) is 12.8 Å². The number of methoxy groups -OCH3 is 2. The molecule has 0 bridgehead atoms. The van der Waals surface area contributed by atoms with Crippen LogP contribution in [0.1, 0.15) is 16.7 Å². The summed E-state index contributed by atoms with van der Waals surface area (Å²) in [5.74, 6) is -0.376. The Morgan fingerprint density at radius 2 is 2.00 bits per heavy atom. The van der Waals surface area contributed by atoms with Gasteiger partial charge in [-0.05, 0) is 28.8 Å². The molecule has 2 N–H and O–H groups in total. The van der Waals surface area contributed by atoms with Crippen molar-refractivity contribution in [1.82, 2.24) is 9.47 Å². The van der Waals surface area contributed by atoms with E-state index in [9.17, 15) is 4.79 Å². The van der Waals surface area contributed by atoms with Gasteiger partial charge in [0.15, 0.2) is 0 Å². The normalized spacial score (nSPS) is 15.7. The molecule has 1 aliphatic rings. The number of nitrogens with zero attached hydrogens (tertiary/aromatic N) is 2. The van der Waals surface area contributed by atoms with Gasteiger partial charge in [0, 0.05) is 57.3 Å². The third-order valence-electron chi connectivity index (χ3n) is 4.74. The molecule has 0 saturated carbocycles. The number of carbonyl (C=O) groups excluding carboxylic acids is 1. The smallest absolute Gasteiger partial charge is 0.322 e. The van der Waals surface area contributed by atoms with E-state index >= 15 is 0 Å². The maximum atomic E-state index is 11.6. The van der Waals surface area contributed by atoms with Gasteiger partial charge in [-0.3, -0.25) is 9.69 Å². The monoisotopic (exact) mass is 331 g/mol. The quantitative estimate of drug-likeness (QED) is 0.805. The zero-order chi connectivity index (χ0) is 17.3. The predicted molar refractivity (Wildman–Crippen MR) is 92.6 cm³/mol. The van der Waals surface area contributed by atoms with Crippen LogP contribution >= 0.6 is 0 Å². The molecule has 0 aliphatic carbocycles. The molecule has 3 rings (SSSR count). The van der Waals surface area contributed by atoms with Crippen LogP contribution < -0.4 is 5.73 Å². The first-order chi connectivity index (χ1) is 11.5. The first kappa shape index (κ1) is 17.0. The second-order valence-electron chi connectivity index (χ2n) is 6.44. The summed E-state index contributed by atoms with van der Waals surface area (Å²) >= 11 is 0. The summed E-state index contributed by atoms with van der Waals surface area (Å²) in [4.78, 5) is 14.0. The molecule has 0 spiro atoms. The Morgan fingerprint density at radius 1 is 1.29 bits per heavy atom. The second kappa shape index (κ2) is 6.93. The minimum Gasteiger partial charge on any atom is -0.468 e. The van der Waals surface area contributed by atoms with Crippen LogP contribution in [-0.4, -0.2) is 48.8 Å². The van der Waals surface area contributed by atoms with Gasteiger partial charge in [-0.25, -0.2) is 0 Å². The van der Waals surface area contributed by atoms with Crippen molar-refractivity contribution >= 4 is 16.9 Å². The van der Waals surface area contributed by atoms with Gasteiger partial charge in [0.2, 0.25) is 0 Å². The van der Waals surface area contributed by atoms with E-state index < -0.39 is 6.04 Å². The van der Waals surface area contributed by atoms with Gasteiger partial charge in [0.05, 0.1) is 13.7 Å². The molecule has 0 fully saturated rings. The van der Waals surface area contributed by atoms with Crippen LogP contribution in [0.3, 0.4) is 0 Å². The standard InChI is InChI=1S/C18H25N3O3/c1-20-9-14(7-16(19)18(22)24-3)15-6-12-10-21(4-5-23-2)11-13(12)8-17(15)20/h6,8-9,16H,4-5,7,10-11,19H2,1-3H3. The van der Waals surface area contributed by atoms with Crippen molar-refractivity contribution in [2.45, 2.75) is 25.6 Å². The summed E-state index contributed by atoms with van der Waals surface area (Å²) in [5, 5.41) is 1.17. The maximum Gasteiger partial charge on any atom is 0.322 e. The van der Waals surface area contributed by atoms with Crippen LogP contribution in [0.15, 0.2) is 18.3 Å². The Balaban J connectivity index is 1.88. The molecule has 130 valence electrons. The van der Waals surface area contributed by atoms with Crippen molar-refractivity contribution in [2.75, 3.05) is 27.4 Å². The van der Waals surface area contributed by atoms with Gasteiger partial charge in [0.25, 0.3) is 0 Å². The van der Waals surface area contributed by atoms with Crippen molar-refractivity contribution in [3.8, 4) is 0 Å². The number of rotatable bonds is 6. The molecular weight excluding hydrogens is 306 g/mol. The van der Waals surface area contributed by atoms with E-state index in [2.05, 4.69) is 27.8 Å². The van der Waals surface area contributed by atoms with E-state index in [1.807, 2.05) is 7.05 Å². The summed E-state index contributed by atoms with van der Waals surface area (Å²) in [6.07, 6.45) is 2.54. The van der Waals surface area contributed by atoms with Crippen molar-refractivity contribution in [3.63, 3.8) is 0 Å². The van der Waals surface area contributed by atoms with Gasteiger partial charge in [-0.2, -0.15) is 0 Å². The van der Waals surface area contributed by atoms with Gasteiger partial charge >= 0.3 is 5.97 Å². The molecule has 1 aromatic heterocycles. The number of hydrogen-bond donors (Lipinski definition) is 1. The summed E-state index contributed by atoms with van der Waals surface area (Å²) in [6.45, 7) is 3.57. The minimum atomic E-state index is -0.632. The fraction of sp³-hybridized carbons (Fsp3) is 0.500. The van der Waals surface area contributed by atoms with Crippen molar-refractivity contribution in [1.29, 1.82) is 0 Å². The molecule has 1 unspecified atom stereocenters. The molecule has 24 heavy (non-hydrogen) atoms. The lowest BCUT2D eigenvalue weighted by Crippen LogP contribution is -2.33. The van der Waals surface area contributed by atoms with E-state index in [1.165, 1.54) is 29.1 Å². The SMILES string of the molecule is COCCN1Cc2cc3c(CC(N)C(=O)OC)cn(C)c3cc2C1. The molecule has 2 aromatic rings. The van der Waals surface area contributed by atoms with Crippen LogP contribution in [0.2, 0.25) is 0 Å². The molecule has 2 heterocycles. The number of aromatic nitrogens is 1. The number of carbonyl (C=O) groups is 1. The molecule has 0 radical (unpaired) electrons. The van der Waals surface area contributed by atoms with E-state index in [0.29, 0.717) is 6.42 Å². The molecule has 6 nitrogen and oxygen atoms in total. The first-order valence-electron chi connectivity index (χ1n) is 8.18. The summed E-state index contributed by atoms with van der Waals surface area (Å²) < 4.78 is 12.0. The Bertz CT molecular complexity index is 754. The molecule has 0 amide bonds. The molecule has 1 aliphatic heterocycles. The number of aryl methyl sites for hydroxylation is 1. The fourth-order valence-electron chi connectivity index (χ4n) is 3.44. The highest BCUT2D eigenvalue weighted by Gasteiger charge is 2.22. The highest BCUT2D eigenvalue weighted by molar-refractivity contribution is 5.87. The molecular formula is C18H25N3O3. The minimum absolute atomic E-state index is 0.376. The van der Waals surface area contributed by atoms with E-state index in [1.54, 1.807) is 7.11 Å². The zero-order valence-electron chi connectivity index (χ0n) is 14.5. The third-order valence-corrected chi connectivity index (χ3v) is 4.74. The summed E-state index contributed by atoms with van der Waals surface area (Å²) in [5.41, 5.74) is 10.9. The number of hydrogen-bond acceptors (Lipinski definition) is 5. The van der Waals surface area contributed by atoms with Gasteiger partial charge in [-0.15, -0.1) is 0 Å². The van der Waals surface area contributed by atoms with E-state index in [-0.39, 0.29) is 5.97 Å². The Labute approximate surface area is 142 Å². The maximum absolute atomic E-state index is 11.6. The Kier molecular flexibility index (Phi) is 4.89. The lowest BCUT2D eigenvalue weighted by molar-refractivity contribution is -0.142. The van der Waals surface area contributed by atoms with Crippen LogP contribution in [0.4, 0.5) is 0 Å². The zero-order valence-corrected chi connectivity index (χ0v) is 14.5. The molecule has 1 atom stereocenters. The number of fused-ring (bicyclic) bond motifs is 2. The molecule has 1 aromatic carbocycles. The summed E-state index contributed by atoms with van der Waals surface area (Å²) in [6, 6.07) is 3.87. The number of nitrogens with two attached hydrogens (primary N) is 1. The van der Waals surface area contributed by atoms with Crippen LogP contribution in [-0.2, 0) is 40.8 Å². The van der Waals surface area contributed by atoms with Crippen LogP contribution in [0, 0.1) is 0 Å². The van der Waals surface area contributed by atoms with E-state index in [0.717, 1.165) is 31.8 Å². The number of esters is 1. The topological polar surface area (TPSA) is 69.7 Å². The van der Waals surface area contributed by atoms with Gasteiger partial charge < -0.3 is 19.8 Å². The lowest BCUT2D eigenvalue weighted by atomic mass is 10.0.